The third kappa shape index (κ3) is 2.89. The number of methoxy groups -OCH3 is 1. The van der Waals surface area contributed by atoms with Crippen molar-refractivity contribution in [2.45, 2.75) is 37.9 Å². The van der Waals surface area contributed by atoms with E-state index in [1.54, 1.807) is 24.2 Å². The number of aryl methyl sites for hydroxylation is 1. The molecule has 2 aromatic rings. The molecular formula is C18H23N5O2. The summed E-state index contributed by atoms with van der Waals surface area (Å²) in [5.74, 6) is 0.886. The zero-order valence-electron chi connectivity index (χ0n) is 14.6. The summed E-state index contributed by atoms with van der Waals surface area (Å²) in [4.78, 5) is 21.3. The van der Waals surface area contributed by atoms with Crippen LogP contribution in [0.5, 0.6) is 5.88 Å². The minimum atomic E-state index is 0.204. The van der Waals surface area contributed by atoms with Crippen molar-refractivity contribution >= 4 is 11.6 Å². The molecule has 0 saturated carbocycles. The fourth-order valence-corrected chi connectivity index (χ4v) is 4.16. The Morgan fingerprint density at radius 2 is 2.20 bits per heavy atom. The normalized spacial score (nSPS) is 23.8. The highest BCUT2D eigenvalue weighted by Gasteiger charge is 2.44. The van der Waals surface area contributed by atoms with Gasteiger partial charge >= 0.3 is 0 Å². The quantitative estimate of drug-likeness (QED) is 0.845. The van der Waals surface area contributed by atoms with Crippen molar-refractivity contribution in [3.05, 3.63) is 36.3 Å². The SMILES string of the molecule is COc1ncccc1CN1CC[C@@H]2[C@H]1CCC(=O)N2c1cnn(C)c1. The number of anilines is 1. The van der Waals surface area contributed by atoms with E-state index in [1.807, 2.05) is 24.2 Å². The van der Waals surface area contributed by atoms with Crippen LogP contribution in [-0.2, 0) is 18.4 Å². The average Bonchev–Trinajstić information content (AvgIpc) is 3.22. The van der Waals surface area contributed by atoms with E-state index in [9.17, 15) is 4.79 Å². The first-order valence-corrected chi connectivity index (χ1v) is 8.70. The number of pyridine rings is 1. The van der Waals surface area contributed by atoms with Gasteiger partial charge in [0.15, 0.2) is 0 Å². The van der Waals surface area contributed by atoms with Gasteiger partial charge in [0.05, 0.1) is 25.0 Å². The summed E-state index contributed by atoms with van der Waals surface area (Å²) in [6, 6.07) is 4.58. The first-order valence-electron chi connectivity index (χ1n) is 8.70. The Bertz CT molecular complexity index is 774. The predicted molar refractivity (Wildman–Crippen MR) is 93.3 cm³/mol. The predicted octanol–water partition coefficient (Wildman–Crippen LogP) is 1.59. The van der Waals surface area contributed by atoms with Crippen LogP contribution in [-0.4, -0.2) is 51.3 Å². The molecule has 25 heavy (non-hydrogen) atoms. The van der Waals surface area contributed by atoms with Crippen LogP contribution in [0, 0.1) is 0 Å². The maximum absolute atomic E-state index is 12.6. The molecule has 7 nitrogen and oxygen atoms in total. The van der Waals surface area contributed by atoms with Crippen molar-refractivity contribution in [2.24, 2.45) is 7.05 Å². The second kappa shape index (κ2) is 6.48. The molecule has 2 aliphatic heterocycles. The number of aromatic nitrogens is 3. The maximum atomic E-state index is 12.6. The molecule has 0 spiro atoms. The van der Waals surface area contributed by atoms with Gasteiger partial charge in [-0.2, -0.15) is 5.10 Å². The first kappa shape index (κ1) is 16.1. The van der Waals surface area contributed by atoms with Gasteiger partial charge in [0.1, 0.15) is 0 Å². The molecule has 132 valence electrons. The zero-order chi connectivity index (χ0) is 17.4. The highest BCUT2D eigenvalue weighted by atomic mass is 16.5. The topological polar surface area (TPSA) is 63.5 Å². The van der Waals surface area contributed by atoms with Crippen molar-refractivity contribution in [1.29, 1.82) is 0 Å². The highest BCUT2D eigenvalue weighted by Crippen LogP contribution is 2.35. The number of fused-ring (bicyclic) bond motifs is 1. The molecule has 2 saturated heterocycles. The monoisotopic (exact) mass is 341 g/mol. The standard InChI is InChI=1S/C18H23N5O2/c1-21-12-14(10-20-21)23-16-7-9-22(15(16)5-6-17(23)24)11-13-4-3-8-19-18(13)25-2/h3-4,8,10,12,15-16H,5-7,9,11H2,1-2H3/t15-,16-/m1/s1. The Morgan fingerprint density at radius 1 is 1.32 bits per heavy atom. The summed E-state index contributed by atoms with van der Waals surface area (Å²) < 4.78 is 7.14. The van der Waals surface area contributed by atoms with Crippen molar-refractivity contribution in [3.8, 4) is 5.88 Å². The van der Waals surface area contributed by atoms with Crippen LogP contribution in [0.3, 0.4) is 0 Å². The Morgan fingerprint density at radius 3 is 2.96 bits per heavy atom. The number of ether oxygens (including phenoxy) is 1. The summed E-state index contributed by atoms with van der Waals surface area (Å²) in [6.07, 6.45) is 7.92. The lowest BCUT2D eigenvalue weighted by molar-refractivity contribution is -0.120. The first-order chi connectivity index (χ1) is 12.2. The van der Waals surface area contributed by atoms with E-state index in [4.69, 9.17) is 4.74 Å². The van der Waals surface area contributed by atoms with Crippen molar-refractivity contribution in [2.75, 3.05) is 18.6 Å². The lowest BCUT2D eigenvalue weighted by atomic mass is 9.95. The molecule has 0 bridgehead atoms. The van der Waals surface area contributed by atoms with Crippen LogP contribution in [0.15, 0.2) is 30.7 Å². The summed E-state index contributed by atoms with van der Waals surface area (Å²) in [5.41, 5.74) is 2.00. The van der Waals surface area contributed by atoms with Gasteiger partial charge in [-0.25, -0.2) is 4.98 Å². The van der Waals surface area contributed by atoms with Crippen LogP contribution < -0.4 is 9.64 Å². The van der Waals surface area contributed by atoms with Crippen molar-refractivity contribution < 1.29 is 9.53 Å². The summed E-state index contributed by atoms with van der Waals surface area (Å²) >= 11 is 0. The molecule has 4 heterocycles. The van der Waals surface area contributed by atoms with Crippen molar-refractivity contribution in [3.63, 3.8) is 0 Å². The minimum absolute atomic E-state index is 0.204. The maximum Gasteiger partial charge on any atom is 0.227 e. The molecule has 0 aromatic carbocycles. The van der Waals surface area contributed by atoms with Crippen molar-refractivity contribution in [1.82, 2.24) is 19.7 Å². The Labute approximate surface area is 147 Å². The molecule has 4 rings (SSSR count). The molecule has 0 radical (unpaired) electrons. The average molecular weight is 341 g/mol. The second-order valence-corrected chi connectivity index (χ2v) is 6.74. The molecular weight excluding hydrogens is 318 g/mol. The number of carbonyl (C=O) groups excluding carboxylic acids is 1. The summed E-state index contributed by atoms with van der Waals surface area (Å²) in [5, 5.41) is 4.23. The number of likely N-dealkylation sites (tertiary alicyclic amines) is 1. The number of hydrogen-bond donors (Lipinski definition) is 0. The number of piperidine rings is 1. The smallest absolute Gasteiger partial charge is 0.227 e. The molecule has 7 heteroatoms. The Balaban J connectivity index is 1.56. The molecule has 2 atom stereocenters. The van der Waals surface area contributed by atoms with Gasteiger partial charge in [0.25, 0.3) is 0 Å². The van der Waals surface area contributed by atoms with E-state index >= 15 is 0 Å². The van der Waals surface area contributed by atoms with Crippen LogP contribution in [0.4, 0.5) is 5.69 Å². The molecule has 0 N–H and O–H groups in total. The Hall–Kier alpha value is -2.41. The number of carbonyl (C=O) groups is 1. The minimum Gasteiger partial charge on any atom is -0.481 e. The largest absolute Gasteiger partial charge is 0.481 e. The summed E-state index contributed by atoms with van der Waals surface area (Å²) in [6.45, 7) is 1.77. The van der Waals surface area contributed by atoms with Gasteiger partial charge in [0.2, 0.25) is 11.8 Å². The zero-order valence-corrected chi connectivity index (χ0v) is 14.6. The lowest BCUT2D eigenvalue weighted by Gasteiger charge is -2.39. The number of amides is 1. The fourth-order valence-electron chi connectivity index (χ4n) is 4.16. The molecule has 1 amide bonds. The van der Waals surface area contributed by atoms with Crippen LogP contribution in [0.1, 0.15) is 24.8 Å². The van der Waals surface area contributed by atoms with E-state index in [2.05, 4.69) is 21.0 Å². The van der Waals surface area contributed by atoms with Gasteiger partial charge in [0, 0.05) is 50.6 Å². The van der Waals surface area contributed by atoms with E-state index in [0.29, 0.717) is 18.3 Å². The molecule has 2 aliphatic rings. The third-order valence-corrected chi connectivity index (χ3v) is 5.27. The fraction of sp³-hybridized carbons (Fsp3) is 0.500. The van der Waals surface area contributed by atoms with Gasteiger partial charge in [-0.3, -0.25) is 14.4 Å². The third-order valence-electron chi connectivity index (χ3n) is 5.27. The second-order valence-electron chi connectivity index (χ2n) is 6.74. The van der Waals surface area contributed by atoms with Gasteiger partial charge in [-0.1, -0.05) is 6.07 Å². The molecule has 0 aliphatic carbocycles. The van der Waals surface area contributed by atoms with Crippen LogP contribution in [0.25, 0.3) is 0 Å². The van der Waals surface area contributed by atoms with E-state index < -0.39 is 0 Å². The van der Waals surface area contributed by atoms with Gasteiger partial charge < -0.3 is 9.64 Å². The van der Waals surface area contributed by atoms with E-state index in [1.165, 1.54) is 0 Å². The van der Waals surface area contributed by atoms with E-state index in [-0.39, 0.29) is 11.9 Å². The molecule has 2 aromatic heterocycles. The highest BCUT2D eigenvalue weighted by molar-refractivity contribution is 5.94. The molecule has 2 fully saturated rings. The van der Waals surface area contributed by atoms with Crippen LogP contribution in [0.2, 0.25) is 0 Å². The summed E-state index contributed by atoms with van der Waals surface area (Å²) in [7, 11) is 3.53. The van der Waals surface area contributed by atoms with Gasteiger partial charge in [-0.15, -0.1) is 0 Å². The van der Waals surface area contributed by atoms with E-state index in [0.717, 1.165) is 37.2 Å². The lowest BCUT2D eigenvalue weighted by Crippen LogP contribution is -2.52. The number of hydrogen-bond acceptors (Lipinski definition) is 5. The number of nitrogens with zero attached hydrogens (tertiary/aromatic N) is 5. The molecule has 0 unspecified atom stereocenters. The number of rotatable bonds is 4. The van der Waals surface area contributed by atoms with Gasteiger partial charge in [-0.05, 0) is 18.9 Å². The van der Waals surface area contributed by atoms with Crippen LogP contribution >= 0.6 is 0 Å². The Kier molecular flexibility index (Phi) is 4.17.